The highest BCUT2D eigenvalue weighted by Crippen LogP contribution is 2.60. The Balaban J connectivity index is 1.04. The molecule has 2 aromatic rings. The van der Waals surface area contributed by atoms with Crippen molar-refractivity contribution in [3.8, 4) is 0 Å². The van der Waals surface area contributed by atoms with Gasteiger partial charge in [-0.25, -0.2) is 0 Å². The van der Waals surface area contributed by atoms with Crippen LogP contribution in [0.3, 0.4) is 0 Å². The third kappa shape index (κ3) is 4.24. The van der Waals surface area contributed by atoms with Crippen LogP contribution in [-0.2, 0) is 4.79 Å². The monoisotopic (exact) mass is 471 g/mol. The Morgan fingerprint density at radius 2 is 1.23 bits per heavy atom. The first-order chi connectivity index (χ1) is 17.0. The van der Waals surface area contributed by atoms with Gasteiger partial charge in [0.2, 0.25) is 5.91 Å². The largest absolute Gasteiger partial charge is 0.339 e. The van der Waals surface area contributed by atoms with Gasteiger partial charge in [-0.05, 0) is 92.7 Å². The van der Waals surface area contributed by atoms with Gasteiger partial charge in [0.05, 0.1) is 5.41 Å². The predicted molar refractivity (Wildman–Crippen MR) is 134 cm³/mol. The Morgan fingerprint density at radius 1 is 0.686 bits per heavy atom. The number of carbonyl (C=O) groups excluding carboxylic acids is 3. The molecule has 0 aromatic heterocycles. The smallest absolute Gasteiger partial charge is 0.255 e. The maximum absolute atomic E-state index is 13.6. The van der Waals surface area contributed by atoms with Gasteiger partial charge in [-0.2, -0.15) is 0 Å². The summed E-state index contributed by atoms with van der Waals surface area (Å²) >= 11 is 0. The van der Waals surface area contributed by atoms with Crippen LogP contribution in [0, 0.1) is 23.2 Å². The van der Waals surface area contributed by atoms with Gasteiger partial charge in [0.1, 0.15) is 0 Å². The number of carbonyl (C=O) groups is 3. The van der Waals surface area contributed by atoms with Gasteiger partial charge in [0.15, 0.2) is 0 Å². The molecule has 0 atom stereocenters. The van der Waals surface area contributed by atoms with E-state index in [1.807, 2.05) is 28.0 Å². The van der Waals surface area contributed by atoms with E-state index >= 15 is 0 Å². The quantitative estimate of drug-likeness (QED) is 0.717. The standard InChI is InChI=1S/C29H33N3O3/c33-26(23-4-2-1-3-5-23)30-25-8-6-24(7-9-25)27(34)31-10-12-32(13-11-31)28(35)29-17-20-14-21(18-29)16-22(15-20)19-29/h1-9,20-22H,10-19H2,(H,30,33). The molecule has 0 spiro atoms. The van der Waals surface area contributed by atoms with Crippen molar-refractivity contribution in [1.29, 1.82) is 0 Å². The summed E-state index contributed by atoms with van der Waals surface area (Å²) in [6.45, 7) is 2.39. The molecule has 3 amide bonds. The summed E-state index contributed by atoms with van der Waals surface area (Å²) in [5.74, 6) is 2.44. The Hall–Kier alpha value is -3.15. The van der Waals surface area contributed by atoms with Gasteiger partial charge >= 0.3 is 0 Å². The molecule has 5 aliphatic rings. The maximum atomic E-state index is 13.6. The molecule has 1 aliphatic heterocycles. The van der Waals surface area contributed by atoms with Crippen molar-refractivity contribution in [3.05, 3.63) is 65.7 Å². The third-order valence-corrected chi connectivity index (χ3v) is 8.77. The van der Waals surface area contributed by atoms with Crippen LogP contribution in [0.25, 0.3) is 0 Å². The molecular weight excluding hydrogens is 438 g/mol. The number of piperazine rings is 1. The van der Waals surface area contributed by atoms with Gasteiger partial charge in [-0.1, -0.05) is 18.2 Å². The molecule has 4 aliphatic carbocycles. The average molecular weight is 472 g/mol. The van der Waals surface area contributed by atoms with Crippen molar-refractivity contribution in [2.75, 3.05) is 31.5 Å². The SMILES string of the molecule is O=C(Nc1ccc(C(=O)N2CCN(C(=O)C34CC5CC(CC(C5)C3)C4)CC2)cc1)c1ccccc1. The van der Waals surface area contributed by atoms with Crippen LogP contribution >= 0.6 is 0 Å². The first-order valence-electron chi connectivity index (χ1n) is 13.0. The molecule has 1 heterocycles. The van der Waals surface area contributed by atoms with E-state index in [9.17, 15) is 14.4 Å². The van der Waals surface area contributed by atoms with E-state index in [0.29, 0.717) is 48.9 Å². The zero-order valence-electron chi connectivity index (χ0n) is 20.1. The van der Waals surface area contributed by atoms with E-state index in [1.54, 1.807) is 36.4 Å². The molecule has 5 fully saturated rings. The van der Waals surface area contributed by atoms with Gasteiger partial charge in [-0.15, -0.1) is 0 Å². The number of hydrogen-bond acceptors (Lipinski definition) is 3. The zero-order chi connectivity index (χ0) is 24.0. The van der Waals surface area contributed by atoms with E-state index in [2.05, 4.69) is 5.32 Å². The molecule has 1 N–H and O–H groups in total. The second kappa shape index (κ2) is 8.81. The van der Waals surface area contributed by atoms with E-state index in [0.717, 1.165) is 37.0 Å². The van der Waals surface area contributed by atoms with Crippen LogP contribution in [0.2, 0.25) is 0 Å². The minimum atomic E-state index is -0.176. The van der Waals surface area contributed by atoms with Crippen LogP contribution in [0.5, 0.6) is 0 Å². The van der Waals surface area contributed by atoms with Crippen LogP contribution in [0.4, 0.5) is 5.69 Å². The molecule has 7 rings (SSSR count). The van der Waals surface area contributed by atoms with Crippen molar-refractivity contribution < 1.29 is 14.4 Å². The number of rotatable bonds is 4. The molecule has 0 unspecified atom stereocenters. The lowest BCUT2D eigenvalue weighted by atomic mass is 9.49. The molecule has 35 heavy (non-hydrogen) atoms. The summed E-state index contributed by atoms with van der Waals surface area (Å²) in [6.07, 6.45) is 7.27. The molecule has 1 saturated heterocycles. The van der Waals surface area contributed by atoms with E-state index in [4.69, 9.17) is 0 Å². The fourth-order valence-electron chi connectivity index (χ4n) is 7.49. The highest BCUT2D eigenvalue weighted by molar-refractivity contribution is 6.04. The third-order valence-electron chi connectivity index (χ3n) is 8.77. The summed E-state index contributed by atoms with van der Waals surface area (Å²) < 4.78 is 0. The predicted octanol–water partition coefficient (Wildman–Crippen LogP) is 4.44. The summed E-state index contributed by atoms with van der Waals surface area (Å²) in [5.41, 5.74) is 1.74. The van der Waals surface area contributed by atoms with Crippen LogP contribution in [0.1, 0.15) is 59.2 Å². The second-order valence-corrected chi connectivity index (χ2v) is 11.2. The van der Waals surface area contributed by atoms with Gasteiger partial charge < -0.3 is 15.1 Å². The molecular formula is C29H33N3O3. The summed E-state index contributed by atoms with van der Waals surface area (Å²) in [6, 6.07) is 16.1. The molecule has 0 radical (unpaired) electrons. The van der Waals surface area contributed by atoms with Crippen molar-refractivity contribution >= 4 is 23.4 Å². The number of amides is 3. The maximum Gasteiger partial charge on any atom is 0.255 e. The fraction of sp³-hybridized carbons (Fsp3) is 0.483. The molecule has 4 saturated carbocycles. The number of nitrogens with one attached hydrogen (secondary N) is 1. The second-order valence-electron chi connectivity index (χ2n) is 11.2. The average Bonchev–Trinajstić information content (AvgIpc) is 2.88. The van der Waals surface area contributed by atoms with E-state index in [1.165, 1.54) is 19.3 Å². The first-order valence-corrected chi connectivity index (χ1v) is 13.0. The lowest BCUT2D eigenvalue weighted by Gasteiger charge is -2.57. The molecule has 6 nitrogen and oxygen atoms in total. The highest BCUT2D eigenvalue weighted by atomic mass is 16.2. The van der Waals surface area contributed by atoms with Crippen LogP contribution in [-0.4, -0.2) is 53.7 Å². The van der Waals surface area contributed by atoms with E-state index < -0.39 is 0 Å². The van der Waals surface area contributed by atoms with Gasteiger partial charge in [0.25, 0.3) is 11.8 Å². The molecule has 182 valence electrons. The topological polar surface area (TPSA) is 69.7 Å². The molecule has 4 bridgehead atoms. The summed E-state index contributed by atoms with van der Waals surface area (Å²) in [5, 5.41) is 2.87. The number of anilines is 1. The zero-order valence-corrected chi connectivity index (χ0v) is 20.1. The Labute approximate surface area is 206 Å². The fourth-order valence-corrected chi connectivity index (χ4v) is 7.49. The lowest BCUT2D eigenvalue weighted by Crippen LogP contribution is -2.58. The van der Waals surface area contributed by atoms with Crippen LogP contribution < -0.4 is 5.32 Å². The number of nitrogens with zero attached hydrogens (tertiary/aromatic N) is 2. The van der Waals surface area contributed by atoms with E-state index in [-0.39, 0.29) is 17.2 Å². The van der Waals surface area contributed by atoms with Crippen LogP contribution in [0.15, 0.2) is 54.6 Å². The summed E-state index contributed by atoms with van der Waals surface area (Å²) in [4.78, 5) is 42.9. The lowest BCUT2D eigenvalue weighted by molar-refractivity contribution is -0.159. The number of benzene rings is 2. The minimum Gasteiger partial charge on any atom is -0.339 e. The van der Waals surface area contributed by atoms with Crippen molar-refractivity contribution in [3.63, 3.8) is 0 Å². The molecule has 6 heteroatoms. The summed E-state index contributed by atoms with van der Waals surface area (Å²) in [7, 11) is 0. The van der Waals surface area contributed by atoms with Gasteiger partial charge in [-0.3, -0.25) is 14.4 Å². The number of hydrogen-bond donors (Lipinski definition) is 1. The van der Waals surface area contributed by atoms with Gasteiger partial charge in [0, 0.05) is 43.0 Å². The molecule has 2 aromatic carbocycles. The Kier molecular flexibility index (Phi) is 5.62. The Morgan fingerprint density at radius 3 is 1.80 bits per heavy atom. The highest BCUT2D eigenvalue weighted by Gasteiger charge is 2.55. The van der Waals surface area contributed by atoms with Crippen molar-refractivity contribution in [2.45, 2.75) is 38.5 Å². The normalized spacial score (nSPS) is 29.2. The first kappa shape index (κ1) is 22.3. The Bertz CT molecular complexity index is 1080. The van der Waals surface area contributed by atoms with Crippen molar-refractivity contribution in [2.24, 2.45) is 23.2 Å². The minimum absolute atomic E-state index is 0.0205. The van der Waals surface area contributed by atoms with Crippen molar-refractivity contribution in [1.82, 2.24) is 9.80 Å².